The molecule has 0 aliphatic carbocycles. The van der Waals surface area contributed by atoms with Gasteiger partial charge >= 0.3 is 0 Å². The Morgan fingerprint density at radius 1 is 0.971 bits per heavy atom. The van der Waals surface area contributed by atoms with Crippen molar-refractivity contribution in [3.8, 4) is 11.1 Å². The summed E-state index contributed by atoms with van der Waals surface area (Å²) in [6.07, 6.45) is 2.78. The van der Waals surface area contributed by atoms with Crippen molar-refractivity contribution in [2.45, 2.75) is 44.2 Å². The lowest BCUT2D eigenvalue weighted by atomic mass is 9.84. The molecule has 1 aromatic heterocycles. The van der Waals surface area contributed by atoms with Crippen molar-refractivity contribution in [3.63, 3.8) is 0 Å². The maximum atomic E-state index is 13.4. The van der Waals surface area contributed by atoms with Gasteiger partial charge in [0, 0.05) is 35.0 Å². The Balaban J connectivity index is 1.20. The van der Waals surface area contributed by atoms with Crippen LogP contribution in [0.15, 0.2) is 78.9 Å². The lowest BCUT2D eigenvalue weighted by Gasteiger charge is -2.29. The van der Waals surface area contributed by atoms with Crippen LogP contribution in [0.4, 0.5) is 4.39 Å². The van der Waals surface area contributed by atoms with Crippen LogP contribution in [0.1, 0.15) is 36.9 Å². The number of carbonyl (C=O) groups excluding carboxylic acids is 2. The summed E-state index contributed by atoms with van der Waals surface area (Å²) in [6, 6.07) is 25.0. The molecule has 1 aliphatic heterocycles. The fourth-order valence-corrected chi connectivity index (χ4v) is 4.91. The van der Waals surface area contributed by atoms with E-state index >= 15 is 0 Å². The summed E-state index contributed by atoms with van der Waals surface area (Å²) in [6.45, 7) is 0.343. The zero-order valence-electron chi connectivity index (χ0n) is 19.4. The van der Waals surface area contributed by atoms with Crippen LogP contribution in [-0.2, 0) is 22.6 Å². The average molecular weight is 470 g/mol. The third-order valence-corrected chi connectivity index (χ3v) is 6.78. The second-order valence-corrected chi connectivity index (χ2v) is 9.37. The smallest absolute Gasteiger partial charge is 0.220 e. The Bertz CT molecular complexity index is 1350. The van der Waals surface area contributed by atoms with Crippen molar-refractivity contribution in [3.05, 3.63) is 95.9 Å². The second-order valence-electron chi connectivity index (χ2n) is 9.37. The molecule has 1 atom stereocenters. The molecule has 0 unspecified atom stereocenters. The quantitative estimate of drug-likeness (QED) is 0.329. The van der Waals surface area contributed by atoms with E-state index in [1.807, 2.05) is 24.3 Å². The van der Waals surface area contributed by atoms with Crippen LogP contribution in [0.5, 0.6) is 0 Å². The number of hydrogen-bond acceptors (Lipinski definition) is 2. The number of H-pyrrole nitrogens is 1. The molecule has 1 fully saturated rings. The number of aromatic nitrogens is 1. The molecule has 35 heavy (non-hydrogen) atoms. The number of hydrogen-bond donors (Lipinski definition) is 3. The number of halogens is 1. The van der Waals surface area contributed by atoms with E-state index in [0.717, 1.165) is 27.7 Å². The minimum atomic E-state index is -0.415. The topological polar surface area (TPSA) is 74.0 Å². The van der Waals surface area contributed by atoms with E-state index in [1.165, 1.54) is 17.7 Å². The summed E-state index contributed by atoms with van der Waals surface area (Å²) in [7, 11) is 0. The van der Waals surface area contributed by atoms with Gasteiger partial charge in [-0.2, -0.15) is 0 Å². The molecule has 0 saturated carbocycles. The number of amides is 2. The fourth-order valence-electron chi connectivity index (χ4n) is 4.91. The largest absolute Gasteiger partial charge is 0.357 e. The Kier molecular flexibility index (Phi) is 6.36. The monoisotopic (exact) mass is 469 g/mol. The lowest BCUT2D eigenvalue weighted by molar-refractivity contribution is -0.122. The Labute approximate surface area is 203 Å². The summed E-state index contributed by atoms with van der Waals surface area (Å²) >= 11 is 0. The first-order valence-electron chi connectivity index (χ1n) is 12.0. The van der Waals surface area contributed by atoms with Gasteiger partial charge in [-0.15, -0.1) is 0 Å². The van der Waals surface area contributed by atoms with Crippen molar-refractivity contribution in [1.82, 2.24) is 15.6 Å². The first-order chi connectivity index (χ1) is 17.0. The predicted molar refractivity (Wildman–Crippen MR) is 135 cm³/mol. The number of nitrogens with one attached hydrogen (secondary N) is 3. The Morgan fingerprint density at radius 3 is 2.49 bits per heavy atom. The van der Waals surface area contributed by atoms with E-state index in [0.29, 0.717) is 38.6 Å². The van der Waals surface area contributed by atoms with Gasteiger partial charge in [-0.05, 0) is 60.2 Å². The molecule has 178 valence electrons. The molecule has 2 heterocycles. The number of carbonyl (C=O) groups is 2. The van der Waals surface area contributed by atoms with Gasteiger partial charge < -0.3 is 15.6 Å². The molecule has 0 bridgehead atoms. The zero-order valence-corrected chi connectivity index (χ0v) is 19.4. The first kappa shape index (κ1) is 22.8. The Morgan fingerprint density at radius 2 is 1.74 bits per heavy atom. The third kappa shape index (κ3) is 5.43. The van der Waals surface area contributed by atoms with Gasteiger partial charge in [0.25, 0.3) is 0 Å². The van der Waals surface area contributed by atoms with Gasteiger partial charge in [-0.1, -0.05) is 54.6 Å². The van der Waals surface area contributed by atoms with Crippen LogP contribution >= 0.6 is 0 Å². The molecule has 3 aromatic carbocycles. The van der Waals surface area contributed by atoms with Crippen molar-refractivity contribution in [2.24, 2.45) is 0 Å². The minimum absolute atomic E-state index is 0.0385. The third-order valence-electron chi connectivity index (χ3n) is 6.78. The van der Waals surface area contributed by atoms with E-state index in [-0.39, 0.29) is 17.6 Å². The molecule has 3 N–H and O–H groups in total. The fraction of sp³-hybridized carbons (Fsp3) is 0.241. The summed E-state index contributed by atoms with van der Waals surface area (Å²) in [5.41, 5.74) is 4.69. The maximum absolute atomic E-state index is 13.4. The number of aromatic amines is 1. The molecule has 1 aliphatic rings. The van der Waals surface area contributed by atoms with Crippen LogP contribution in [0.25, 0.3) is 22.0 Å². The van der Waals surface area contributed by atoms with Crippen LogP contribution in [-0.4, -0.2) is 22.3 Å². The SMILES string of the molecule is O=C(CC[C@]1(Cc2ccc(-c3ccccc3)cc2)CCC(=O)N1)NCc1cc2cc(F)ccc2[nH]1. The zero-order chi connectivity index (χ0) is 24.3. The number of benzene rings is 3. The lowest BCUT2D eigenvalue weighted by Crippen LogP contribution is -2.44. The van der Waals surface area contributed by atoms with Crippen LogP contribution < -0.4 is 10.6 Å². The highest BCUT2D eigenvalue weighted by atomic mass is 19.1. The maximum Gasteiger partial charge on any atom is 0.220 e. The summed E-state index contributed by atoms with van der Waals surface area (Å²) in [4.78, 5) is 27.9. The van der Waals surface area contributed by atoms with E-state index in [2.05, 4.69) is 52.0 Å². The molecule has 0 radical (unpaired) electrons. The highest BCUT2D eigenvalue weighted by Crippen LogP contribution is 2.30. The van der Waals surface area contributed by atoms with Gasteiger partial charge in [0.2, 0.25) is 11.8 Å². The van der Waals surface area contributed by atoms with Crippen molar-refractivity contribution < 1.29 is 14.0 Å². The highest BCUT2D eigenvalue weighted by Gasteiger charge is 2.37. The average Bonchev–Trinajstić information content (AvgIpc) is 3.45. The van der Waals surface area contributed by atoms with Gasteiger partial charge in [-0.3, -0.25) is 9.59 Å². The molecule has 6 heteroatoms. The number of fused-ring (bicyclic) bond motifs is 1. The highest BCUT2D eigenvalue weighted by molar-refractivity contribution is 5.81. The van der Waals surface area contributed by atoms with E-state index < -0.39 is 5.54 Å². The predicted octanol–water partition coefficient (Wildman–Crippen LogP) is 5.26. The van der Waals surface area contributed by atoms with E-state index in [4.69, 9.17) is 0 Å². The van der Waals surface area contributed by atoms with Crippen molar-refractivity contribution >= 4 is 22.7 Å². The minimum Gasteiger partial charge on any atom is -0.357 e. The summed E-state index contributed by atoms with van der Waals surface area (Å²) in [5, 5.41) is 6.87. The van der Waals surface area contributed by atoms with Crippen molar-refractivity contribution in [2.75, 3.05) is 0 Å². The van der Waals surface area contributed by atoms with Gasteiger partial charge in [0.05, 0.1) is 6.54 Å². The van der Waals surface area contributed by atoms with Gasteiger partial charge in [0.1, 0.15) is 5.82 Å². The molecular weight excluding hydrogens is 441 g/mol. The van der Waals surface area contributed by atoms with Gasteiger partial charge in [-0.25, -0.2) is 4.39 Å². The summed E-state index contributed by atoms with van der Waals surface area (Å²) in [5.74, 6) is -0.322. The van der Waals surface area contributed by atoms with Gasteiger partial charge in [0.15, 0.2) is 0 Å². The van der Waals surface area contributed by atoms with E-state index in [9.17, 15) is 14.0 Å². The Hall–Kier alpha value is -3.93. The first-order valence-corrected chi connectivity index (χ1v) is 12.0. The standard InChI is InChI=1S/C29H28FN3O2/c30-24-10-11-26-23(16-24)17-25(32-26)19-31-27(34)12-14-29(15-13-28(35)33-29)18-20-6-8-22(9-7-20)21-4-2-1-3-5-21/h1-11,16-17,32H,12-15,18-19H2,(H,31,34)(H,33,35)/t29-/m1/s1. The molecular formula is C29H28FN3O2. The van der Waals surface area contributed by atoms with Crippen molar-refractivity contribution in [1.29, 1.82) is 0 Å². The molecule has 0 spiro atoms. The molecule has 1 saturated heterocycles. The number of rotatable bonds is 8. The molecule has 5 nitrogen and oxygen atoms in total. The van der Waals surface area contributed by atoms with Crippen LogP contribution in [0.3, 0.4) is 0 Å². The van der Waals surface area contributed by atoms with E-state index in [1.54, 1.807) is 6.07 Å². The molecule has 2 amide bonds. The molecule has 4 aromatic rings. The molecule has 5 rings (SSSR count). The van der Waals surface area contributed by atoms with Crippen LogP contribution in [0.2, 0.25) is 0 Å². The summed E-state index contributed by atoms with van der Waals surface area (Å²) < 4.78 is 13.4. The normalized spacial score (nSPS) is 17.5. The second kappa shape index (κ2) is 9.74. The van der Waals surface area contributed by atoms with Crippen LogP contribution in [0, 0.1) is 5.82 Å².